The summed E-state index contributed by atoms with van der Waals surface area (Å²) in [7, 11) is 1.78. The van der Waals surface area contributed by atoms with Gasteiger partial charge in [0.15, 0.2) is 0 Å². The quantitative estimate of drug-likeness (QED) is 0.655. The smallest absolute Gasteiger partial charge is 0.145 e. The topological polar surface area (TPSA) is 76.3 Å². The SMILES string of the molecule is COC1CN(c2cc(NN)nc(C(C)(C)C)n2)CCC1C. The van der Waals surface area contributed by atoms with Gasteiger partial charge in [-0.15, -0.1) is 0 Å². The second kappa shape index (κ2) is 6.15. The van der Waals surface area contributed by atoms with Crippen molar-refractivity contribution in [1.29, 1.82) is 0 Å². The highest BCUT2D eigenvalue weighted by molar-refractivity contribution is 5.50. The Morgan fingerprint density at radius 2 is 2.10 bits per heavy atom. The maximum absolute atomic E-state index is 5.58. The zero-order valence-electron chi connectivity index (χ0n) is 13.7. The standard InChI is InChI=1S/C15H27N5O/c1-10-6-7-20(9-11(10)21-5)13-8-12(19-16)17-14(18-13)15(2,3)4/h8,10-11H,6-7,9,16H2,1-5H3,(H,17,18,19). The number of nitrogens with two attached hydrogens (primary N) is 1. The second-order valence-corrected chi connectivity index (χ2v) is 6.82. The zero-order valence-corrected chi connectivity index (χ0v) is 13.7. The van der Waals surface area contributed by atoms with Crippen LogP contribution in [0.5, 0.6) is 0 Å². The Morgan fingerprint density at radius 1 is 1.38 bits per heavy atom. The molecule has 0 saturated carbocycles. The molecule has 2 rings (SSSR count). The summed E-state index contributed by atoms with van der Waals surface area (Å²) in [6.07, 6.45) is 1.33. The van der Waals surface area contributed by atoms with Crippen molar-refractivity contribution in [2.75, 3.05) is 30.5 Å². The fourth-order valence-corrected chi connectivity index (χ4v) is 2.55. The summed E-state index contributed by atoms with van der Waals surface area (Å²) in [5.74, 6) is 8.48. The molecule has 0 bridgehead atoms. The first-order chi connectivity index (χ1) is 9.85. The van der Waals surface area contributed by atoms with Crippen LogP contribution >= 0.6 is 0 Å². The maximum Gasteiger partial charge on any atom is 0.145 e. The minimum atomic E-state index is -0.120. The van der Waals surface area contributed by atoms with E-state index in [2.05, 4.69) is 43.0 Å². The molecule has 1 aliphatic heterocycles. The van der Waals surface area contributed by atoms with E-state index in [0.29, 0.717) is 11.7 Å². The molecule has 0 amide bonds. The molecule has 1 fully saturated rings. The lowest BCUT2D eigenvalue weighted by molar-refractivity contribution is 0.0496. The van der Waals surface area contributed by atoms with Crippen molar-refractivity contribution in [2.24, 2.45) is 11.8 Å². The van der Waals surface area contributed by atoms with E-state index >= 15 is 0 Å². The van der Waals surface area contributed by atoms with E-state index in [1.807, 2.05) is 6.07 Å². The van der Waals surface area contributed by atoms with Crippen LogP contribution in [0.15, 0.2) is 6.07 Å². The highest BCUT2D eigenvalue weighted by Gasteiger charge is 2.28. The number of methoxy groups -OCH3 is 1. The summed E-state index contributed by atoms with van der Waals surface area (Å²) in [6, 6.07) is 1.90. The molecule has 6 heteroatoms. The van der Waals surface area contributed by atoms with E-state index in [0.717, 1.165) is 31.2 Å². The third kappa shape index (κ3) is 3.63. The van der Waals surface area contributed by atoms with Crippen LogP contribution in [0.25, 0.3) is 0 Å². The van der Waals surface area contributed by atoms with Gasteiger partial charge < -0.3 is 15.1 Å². The summed E-state index contributed by atoms with van der Waals surface area (Å²) in [4.78, 5) is 11.5. The van der Waals surface area contributed by atoms with Crippen LogP contribution in [0.2, 0.25) is 0 Å². The van der Waals surface area contributed by atoms with Gasteiger partial charge in [-0.3, -0.25) is 0 Å². The van der Waals surface area contributed by atoms with Gasteiger partial charge in [-0.25, -0.2) is 15.8 Å². The number of hydrogen-bond acceptors (Lipinski definition) is 6. The molecule has 2 unspecified atom stereocenters. The predicted octanol–water partition coefficient (Wildman–Crippen LogP) is 1.92. The number of aromatic nitrogens is 2. The van der Waals surface area contributed by atoms with Gasteiger partial charge in [-0.05, 0) is 12.3 Å². The third-order valence-corrected chi connectivity index (χ3v) is 4.05. The lowest BCUT2D eigenvalue weighted by Gasteiger charge is -2.37. The maximum atomic E-state index is 5.58. The second-order valence-electron chi connectivity index (χ2n) is 6.82. The molecule has 0 radical (unpaired) electrons. The van der Waals surface area contributed by atoms with E-state index in [-0.39, 0.29) is 11.5 Å². The van der Waals surface area contributed by atoms with Crippen molar-refractivity contribution in [2.45, 2.75) is 45.6 Å². The summed E-state index contributed by atoms with van der Waals surface area (Å²) in [6.45, 7) is 10.4. The predicted molar refractivity (Wildman–Crippen MR) is 85.3 cm³/mol. The number of ether oxygens (including phenoxy) is 1. The molecule has 0 aliphatic carbocycles. The van der Waals surface area contributed by atoms with Crippen LogP contribution in [0.3, 0.4) is 0 Å². The third-order valence-electron chi connectivity index (χ3n) is 4.05. The molecule has 0 aromatic carbocycles. The average Bonchev–Trinajstić information content (AvgIpc) is 2.46. The zero-order chi connectivity index (χ0) is 15.6. The number of nitrogens with zero attached hydrogens (tertiary/aromatic N) is 3. The first-order valence-electron chi connectivity index (χ1n) is 7.49. The summed E-state index contributed by atoms with van der Waals surface area (Å²) >= 11 is 0. The van der Waals surface area contributed by atoms with Gasteiger partial charge in [0.1, 0.15) is 17.5 Å². The molecule has 3 N–H and O–H groups in total. The fraction of sp³-hybridized carbons (Fsp3) is 0.733. The van der Waals surface area contributed by atoms with Crippen LogP contribution in [0.4, 0.5) is 11.6 Å². The molecule has 21 heavy (non-hydrogen) atoms. The first-order valence-corrected chi connectivity index (χ1v) is 7.49. The van der Waals surface area contributed by atoms with E-state index in [9.17, 15) is 0 Å². The molecule has 0 spiro atoms. The highest BCUT2D eigenvalue weighted by Crippen LogP contribution is 2.27. The van der Waals surface area contributed by atoms with Gasteiger partial charge in [-0.2, -0.15) is 0 Å². The summed E-state index contributed by atoms with van der Waals surface area (Å²) in [5, 5.41) is 0. The minimum absolute atomic E-state index is 0.120. The Balaban J connectivity index is 2.30. The van der Waals surface area contributed by atoms with Crippen LogP contribution in [-0.4, -0.2) is 36.3 Å². The summed E-state index contributed by atoms with van der Waals surface area (Å²) < 4.78 is 5.58. The number of nitrogen functional groups attached to an aromatic ring is 1. The Labute approximate surface area is 127 Å². The van der Waals surface area contributed by atoms with Gasteiger partial charge in [0, 0.05) is 31.7 Å². The first kappa shape index (κ1) is 16.0. The molecule has 118 valence electrons. The Hall–Kier alpha value is -1.40. The molecule has 2 heterocycles. The van der Waals surface area contributed by atoms with Crippen molar-refractivity contribution in [3.63, 3.8) is 0 Å². The molecular weight excluding hydrogens is 266 g/mol. The van der Waals surface area contributed by atoms with Crippen LogP contribution in [0.1, 0.15) is 39.9 Å². The molecular formula is C15H27N5O. The lowest BCUT2D eigenvalue weighted by Crippen LogP contribution is -2.44. The number of piperidine rings is 1. The molecule has 1 aromatic rings. The molecule has 1 aliphatic rings. The number of rotatable bonds is 3. The van der Waals surface area contributed by atoms with Crippen molar-refractivity contribution in [1.82, 2.24) is 9.97 Å². The number of hydrazine groups is 1. The monoisotopic (exact) mass is 293 g/mol. The molecule has 1 saturated heterocycles. The normalized spacial score (nSPS) is 23.2. The van der Waals surface area contributed by atoms with Gasteiger partial charge in [0.2, 0.25) is 0 Å². The Morgan fingerprint density at radius 3 is 2.67 bits per heavy atom. The lowest BCUT2D eigenvalue weighted by atomic mass is 9.95. The van der Waals surface area contributed by atoms with Crippen LogP contribution in [-0.2, 0) is 10.2 Å². The van der Waals surface area contributed by atoms with Crippen molar-refractivity contribution < 1.29 is 4.74 Å². The fourth-order valence-electron chi connectivity index (χ4n) is 2.55. The molecule has 2 atom stereocenters. The van der Waals surface area contributed by atoms with E-state index in [4.69, 9.17) is 15.6 Å². The van der Waals surface area contributed by atoms with Gasteiger partial charge in [-0.1, -0.05) is 27.7 Å². The van der Waals surface area contributed by atoms with Crippen molar-refractivity contribution >= 4 is 11.6 Å². The Bertz CT molecular complexity index is 485. The largest absolute Gasteiger partial charge is 0.379 e. The number of nitrogens with one attached hydrogen (secondary N) is 1. The highest BCUT2D eigenvalue weighted by atomic mass is 16.5. The Kier molecular flexibility index (Phi) is 4.68. The van der Waals surface area contributed by atoms with Crippen molar-refractivity contribution in [3.8, 4) is 0 Å². The number of anilines is 2. The average molecular weight is 293 g/mol. The minimum Gasteiger partial charge on any atom is -0.379 e. The van der Waals surface area contributed by atoms with E-state index in [1.54, 1.807) is 7.11 Å². The van der Waals surface area contributed by atoms with Gasteiger partial charge in [0.05, 0.1) is 6.10 Å². The van der Waals surface area contributed by atoms with Gasteiger partial charge >= 0.3 is 0 Å². The van der Waals surface area contributed by atoms with Crippen molar-refractivity contribution in [3.05, 3.63) is 11.9 Å². The van der Waals surface area contributed by atoms with Gasteiger partial charge in [0.25, 0.3) is 0 Å². The van der Waals surface area contributed by atoms with Crippen LogP contribution < -0.4 is 16.2 Å². The van der Waals surface area contributed by atoms with E-state index in [1.165, 1.54) is 0 Å². The van der Waals surface area contributed by atoms with Crippen LogP contribution in [0, 0.1) is 5.92 Å². The molecule has 6 nitrogen and oxygen atoms in total. The summed E-state index contributed by atoms with van der Waals surface area (Å²) in [5.41, 5.74) is 2.52. The molecule has 1 aromatic heterocycles. The van der Waals surface area contributed by atoms with E-state index < -0.39 is 0 Å². The number of hydrogen-bond donors (Lipinski definition) is 2.